The standard InChI is InChI=1S/C17H26N2O2/c1-4-18-17(20)13-6-5-12(2)16(11-13)19-14-7-9-15(21-3)10-8-14/h5-6,11,14-15,19H,4,7-10H2,1-3H3,(H,18,20). The van der Waals surface area contributed by atoms with Crippen molar-refractivity contribution in [2.24, 2.45) is 0 Å². The van der Waals surface area contributed by atoms with Gasteiger partial charge in [0.2, 0.25) is 0 Å². The second kappa shape index (κ2) is 7.46. The minimum atomic E-state index is -0.0105. The average Bonchev–Trinajstić information content (AvgIpc) is 2.50. The molecule has 0 aliphatic heterocycles. The summed E-state index contributed by atoms with van der Waals surface area (Å²) in [4.78, 5) is 11.9. The van der Waals surface area contributed by atoms with Crippen molar-refractivity contribution in [3.05, 3.63) is 29.3 Å². The van der Waals surface area contributed by atoms with Crippen molar-refractivity contribution in [3.63, 3.8) is 0 Å². The minimum absolute atomic E-state index is 0.0105. The fourth-order valence-corrected chi connectivity index (χ4v) is 2.84. The van der Waals surface area contributed by atoms with E-state index in [2.05, 4.69) is 17.6 Å². The van der Waals surface area contributed by atoms with E-state index in [1.807, 2.05) is 25.1 Å². The lowest BCUT2D eigenvalue weighted by molar-refractivity contribution is 0.0682. The Kier molecular flexibility index (Phi) is 5.62. The quantitative estimate of drug-likeness (QED) is 0.876. The molecular formula is C17H26N2O2. The van der Waals surface area contributed by atoms with Crippen molar-refractivity contribution < 1.29 is 9.53 Å². The van der Waals surface area contributed by atoms with E-state index in [1.165, 1.54) is 5.56 Å². The summed E-state index contributed by atoms with van der Waals surface area (Å²) in [5.74, 6) is -0.0105. The maximum atomic E-state index is 11.9. The first-order chi connectivity index (χ1) is 10.1. The van der Waals surface area contributed by atoms with Crippen LogP contribution in [0.1, 0.15) is 48.5 Å². The van der Waals surface area contributed by atoms with Gasteiger partial charge in [-0.1, -0.05) is 6.07 Å². The zero-order chi connectivity index (χ0) is 15.2. The predicted molar refractivity (Wildman–Crippen MR) is 85.9 cm³/mol. The van der Waals surface area contributed by atoms with Crippen LogP contribution in [0.2, 0.25) is 0 Å². The first-order valence-electron chi connectivity index (χ1n) is 7.82. The first kappa shape index (κ1) is 15.8. The van der Waals surface area contributed by atoms with Crippen LogP contribution in [0.15, 0.2) is 18.2 Å². The third-order valence-corrected chi connectivity index (χ3v) is 4.20. The largest absolute Gasteiger partial charge is 0.382 e. The van der Waals surface area contributed by atoms with E-state index in [0.717, 1.165) is 36.9 Å². The number of methoxy groups -OCH3 is 1. The lowest BCUT2D eigenvalue weighted by Crippen LogP contribution is -2.29. The highest BCUT2D eigenvalue weighted by Gasteiger charge is 2.21. The molecule has 1 aliphatic carbocycles. The minimum Gasteiger partial charge on any atom is -0.382 e. The molecule has 1 aromatic rings. The number of rotatable bonds is 5. The molecule has 0 heterocycles. The number of carbonyl (C=O) groups excluding carboxylic acids is 1. The molecule has 0 saturated heterocycles. The highest BCUT2D eigenvalue weighted by Crippen LogP contribution is 2.25. The molecule has 4 nitrogen and oxygen atoms in total. The summed E-state index contributed by atoms with van der Waals surface area (Å²) in [7, 11) is 1.79. The second-order valence-corrected chi connectivity index (χ2v) is 5.74. The third-order valence-electron chi connectivity index (χ3n) is 4.20. The van der Waals surface area contributed by atoms with E-state index in [4.69, 9.17) is 4.74 Å². The van der Waals surface area contributed by atoms with Gasteiger partial charge in [0.15, 0.2) is 0 Å². The lowest BCUT2D eigenvalue weighted by atomic mass is 9.92. The summed E-state index contributed by atoms with van der Waals surface area (Å²) in [6, 6.07) is 6.32. The van der Waals surface area contributed by atoms with Crippen LogP contribution in [-0.2, 0) is 4.74 Å². The van der Waals surface area contributed by atoms with Crippen molar-refractivity contribution in [2.75, 3.05) is 19.0 Å². The van der Waals surface area contributed by atoms with Crippen LogP contribution in [0, 0.1) is 6.92 Å². The average molecular weight is 290 g/mol. The molecule has 0 unspecified atom stereocenters. The van der Waals surface area contributed by atoms with Crippen molar-refractivity contribution >= 4 is 11.6 Å². The van der Waals surface area contributed by atoms with Crippen LogP contribution in [0.5, 0.6) is 0 Å². The molecule has 0 radical (unpaired) electrons. The molecule has 0 bridgehead atoms. The van der Waals surface area contributed by atoms with E-state index in [-0.39, 0.29) is 5.91 Å². The van der Waals surface area contributed by atoms with Gasteiger partial charge in [0.1, 0.15) is 0 Å². The summed E-state index contributed by atoms with van der Waals surface area (Å²) in [5, 5.41) is 6.44. The summed E-state index contributed by atoms with van der Waals surface area (Å²) in [6.45, 7) is 4.65. The zero-order valence-electron chi connectivity index (χ0n) is 13.2. The fraction of sp³-hybridized carbons (Fsp3) is 0.588. The van der Waals surface area contributed by atoms with Gasteiger partial charge < -0.3 is 15.4 Å². The van der Waals surface area contributed by atoms with Gasteiger partial charge >= 0.3 is 0 Å². The molecule has 21 heavy (non-hydrogen) atoms. The van der Waals surface area contributed by atoms with Gasteiger partial charge in [-0.15, -0.1) is 0 Å². The van der Waals surface area contributed by atoms with E-state index >= 15 is 0 Å². The topological polar surface area (TPSA) is 50.4 Å². The first-order valence-corrected chi connectivity index (χ1v) is 7.82. The molecule has 1 aromatic carbocycles. The summed E-state index contributed by atoms with van der Waals surface area (Å²) in [5.41, 5.74) is 2.96. The maximum absolute atomic E-state index is 11.9. The van der Waals surface area contributed by atoms with Crippen molar-refractivity contribution in [2.45, 2.75) is 51.7 Å². The number of ether oxygens (including phenoxy) is 1. The molecule has 1 aliphatic rings. The Labute approximate surface area is 127 Å². The number of hydrogen-bond acceptors (Lipinski definition) is 3. The Morgan fingerprint density at radius 2 is 2.00 bits per heavy atom. The molecular weight excluding hydrogens is 264 g/mol. The number of hydrogen-bond donors (Lipinski definition) is 2. The van der Waals surface area contributed by atoms with Crippen LogP contribution in [0.3, 0.4) is 0 Å². The summed E-state index contributed by atoms with van der Waals surface area (Å²) in [6.07, 6.45) is 4.84. The molecule has 0 spiro atoms. The Balaban J connectivity index is 2.02. The van der Waals surface area contributed by atoms with Crippen LogP contribution in [-0.4, -0.2) is 31.7 Å². The summed E-state index contributed by atoms with van der Waals surface area (Å²) < 4.78 is 5.41. The molecule has 2 N–H and O–H groups in total. The predicted octanol–water partition coefficient (Wildman–Crippen LogP) is 3.11. The maximum Gasteiger partial charge on any atom is 0.251 e. The van der Waals surface area contributed by atoms with Gasteiger partial charge in [0.05, 0.1) is 6.10 Å². The number of amides is 1. The molecule has 1 fully saturated rings. The van der Waals surface area contributed by atoms with E-state index in [1.54, 1.807) is 7.11 Å². The van der Waals surface area contributed by atoms with Gasteiger partial charge in [-0.2, -0.15) is 0 Å². The van der Waals surface area contributed by atoms with Gasteiger partial charge in [0, 0.05) is 30.9 Å². The highest BCUT2D eigenvalue weighted by atomic mass is 16.5. The van der Waals surface area contributed by atoms with Gasteiger partial charge in [-0.3, -0.25) is 4.79 Å². The van der Waals surface area contributed by atoms with E-state index < -0.39 is 0 Å². The Morgan fingerprint density at radius 3 is 2.62 bits per heavy atom. The van der Waals surface area contributed by atoms with Crippen LogP contribution < -0.4 is 10.6 Å². The summed E-state index contributed by atoms with van der Waals surface area (Å²) >= 11 is 0. The Hall–Kier alpha value is -1.55. The third kappa shape index (κ3) is 4.21. The van der Waals surface area contributed by atoms with Crippen LogP contribution >= 0.6 is 0 Å². The molecule has 1 amide bonds. The number of nitrogens with one attached hydrogen (secondary N) is 2. The number of anilines is 1. The smallest absolute Gasteiger partial charge is 0.251 e. The molecule has 2 rings (SSSR count). The van der Waals surface area contributed by atoms with Gasteiger partial charge in [0.25, 0.3) is 5.91 Å². The fourth-order valence-electron chi connectivity index (χ4n) is 2.84. The molecule has 0 atom stereocenters. The molecule has 1 saturated carbocycles. The van der Waals surface area contributed by atoms with Crippen molar-refractivity contribution in [1.82, 2.24) is 5.32 Å². The Morgan fingerprint density at radius 1 is 1.29 bits per heavy atom. The molecule has 0 aromatic heterocycles. The monoisotopic (exact) mass is 290 g/mol. The Bertz CT molecular complexity index is 480. The number of aryl methyl sites for hydroxylation is 1. The zero-order valence-corrected chi connectivity index (χ0v) is 13.2. The molecule has 4 heteroatoms. The normalized spacial score (nSPS) is 21.9. The van der Waals surface area contributed by atoms with Crippen molar-refractivity contribution in [3.8, 4) is 0 Å². The van der Waals surface area contributed by atoms with Crippen LogP contribution in [0.25, 0.3) is 0 Å². The number of carbonyl (C=O) groups is 1. The highest BCUT2D eigenvalue weighted by molar-refractivity contribution is 5.95. The van der Waals surface area contributed by atoms with Crippen LogP contribution in [0.4, 0.5) is 5.69 Å². The lowest BCUT2D eigenvalue weighted by Gasteiger charge is -2.29. The SMILES string of the molecule is CCNC(=O)c1ccc(C)c(NC2CCC(OC)CC2)c1. The second-order valence-electron chi connectivity index (χ2n) is 5.74. The van der Waals surface area contributed by atoms with Crippen molar-refractivity contribution in [1.29, 1.82) is 0 Å². The van der Waals surface area contributed by atoms with Gasteiger partial charge in [-0.25, -0.2) is 0 Å². The molecule has 116 valence electrons. The number of benzene rings is 1. The van der Waals surface area contributed by atoms with E-state index in [0.29, 0.717) is 18.7 Å². The van der Waals surface area contributed by atoms with Gasteiger partial charge in [-0.05, 0) is 57.2 Å². The van der Waals surface area contributed by atoms with E-state index in [9.17, 15) is 4.79 Å².